The molecule has 1 fully saturated rings. The third-order valence-electron chi connectivity index (χ3n) is 2.92. The number of piperidine rings is 1. The Kier molecular flexibility index (Phi) is 5.05. The molecule has 5 nitrogen and oxygen atoms in total. The van der Waals surface area contributed by atoms with Crippen molar-refractivity contribution < 1.29 is 14.7 Å². The fraction of sp³-hybridized carbons (Fsp3) is 0.800. The summed E-state index contributed by atoms with van der Waals surface area (Å²) in [5.74, 6) is 0.0318. The molecule has 0 bridgehead atoms. The van der Waals surface area contributed by atoms with E-state index in [0.717, 1.165) is 19.3 Å². The summed E-state index contributed by atoms with van der Waals surface area (Å²) in [7, 11) is 0. The van der Waals surface area contributed by atoms with E-state index < -0.39 is 6.09 Å². The van der Waals surface area contributed by atoms with Gasteiger partial charge < -0.3 is 15.3 Å². The first kappa shape index (κ1) is 13.3. The molecule has 6 heteroatoms. The lowest BCUT2D eigenvalue weighted by molar-refractivity contribution is -0.134. The van der Waals surface area contributed by atoms with Gasteiger partial charge in [-0.3, -0.25) is 4.79 Å². The van der Waals surface area contributed by atoms with Gasteiger partial charge in [0.2, 0.25) is 5.91 Å². The minimum Gasteiger partial charge on any atom is -0.465 e. The monoisotopic (exact) mass is 292 g/mol. The molecule has 0 saturated carbocycles. The van der Waals surface area contributed by atoms with Crippen LogP contribution in [0, 0.1) is 0 Å². The van der Waals surface area contributed by atoms with Crippen molar-refractivity contribution in [1.82, 2.24) is 10.2 Å². The van der Waals surface area contributed by atoms with Crippen LogP contribution in [-0.2, 0) is 4.79 Å². The minimum absolute atomic E-state index is 0.00935. The SMILES string of the molecule is C[C@@H]1CCC[C@H](CNC(=O)O)N1C(=O)CBr. The van der Waals surface area contributed by atoms with Crippen LogP contribution in [0.5, 0.6) is 0 Å². The summed E-state index contributed by atoms with van der Waals surface area (Å²) in [6, 6.07) is 0.185. The molecule has 0 aliphatic carbocycles. The van der Waals surface area contributed by atoms with Gasteiger partial charge in [-0.15, -0.1) is 0 Å². The van der Waals surface area contributed by atoms with Crippen LogP contribution in [-0.4, -0.2) is 46.0 Å². The molecule has 2 N–H and O–H groups in total. The van der Waals surface area contributed by atoms with Gasteiger partial charge in [-0.1, -0.05) is 15.9 Å². The molecule has 92 valence electrons. The summed E-state index contributed by atoms with van der Waals surface area (Å²) in [4.78, 5) is 24.0. The predicted octanol–water partition coefficient (Wildman–Crippen LogP) is 1.42. The number of hydrogen-bond acceptors (Lipinski definition) is 2. The zero-order valence-corrected chi connectivity index (χ0v) is 10.9. The third-order valence-corrected chi connectivity index (χ3v) is 3.40. The summed E-state index contributed by atoms with van der Waals surface area (Å²) in [6.07, 6.45) is 1.86. The second kappa shape index (κ2) is 6.08. The van der Waals surface area contributed by atoms with Gasteiger partial charge in [0.05, 0.1) is 5.33 Å². The molecule has 1 saturated heterocycles. The molecule has 0 unspecified atom stereocenters. The number of rotatable bonds is 3. The number of likely N-dealkylation sites (tertiary alicyclic amines) is 1. The number of alkyl halides is 1. The van der Waals surface area contributed by atoms with E-state index in [1.807, 2.05) is 6.92 Å². The van der Waals surface area contributed by atoms with Crippen LogP contribution >= 0.6 is 15.9 Å². The lowest BCUT2D eigenvalue weighted by atomic mass is 9.96. The van der Waals surface area contributed by atoms with E-state index >= 15 is 0 Å². The largest absolute Gasteiger partial charge is 0.465 e. The molecule has 1 rings (SSSR count). The van der Waals surface area contributed by atoms with E-state index in [-0.39, 0.29) is 18.0 Å². The van der Waals surface area contributed by atoms with Gasteiger partial charge in [0.25, 0.3) is 0 Å². The smallest absolute Gasteiger partial charge is 0.404 e. The second-order valence-corrected chi connectivity index (χ2v) is 4.62. The van der Waals surface area contributed by atoms with Gasteiger partial charge in [0.15, 0.2) is 0 Å². The fourth-order valence-corrected chi connectivity index (χ4v) is 2.50. The minimum atomic E-state index is -1.04. The van der Waals surface area contributed by atoms with Crippen LogP contribution in [0.15, 0.2) is 0 Å². The molecule has 0 spiro atoms. The normalized spacial score (nSPS) is 25.2. The highest BCUT2D eigenvalue weighted by atomic mass is 79.9. The Morgan fingerprint density at radius 1 is 1.50 bits per heavy atom. The van der Waals surface area contributed by atoms with E-state index in [0.29, 0.717) is 11.9 Å². The Balaban J connectivity index is 2.63. The highest BCUT2D eigenvalue weighted by molar-refractivity contribution is 9.09. The molecule has 2 atom stereocenters. The molecule has 1 aliphatic rings. The van der Waals surface area contributed by atoms with Gasteiger partial charge in [0, 0.05) is 18.6 Å². The van der Waals surface area contributed by atoms with E-state index in [1.54, 1.807) is 4.90 Å². The second-order valence-electron chi connectivity index (χ2n) is 4.05. The number of carboxylic acid groups (broad SMARTS) is 1. The van der Waals surface area contributed by atoms with Crippen LogP contribution in [0.1, 0.15) is 26.2 Å². The maximum absolute atomic E-state index is 11.7. The number of hydrogen-bond donors (Lipinski definition) is 2. The number of carbonyl (C=O) groups is 2. The predicted molar refractivity (Wildman–Crippen MR) is 63.8 cm³/mol. The van der Waals surface area contributed by atoms with E-state index in [2.05, 4.69) is 21.2 Å². The fourth-order valence-electron chi connectivity index (χ4n) is 2.21. The van der Waals surface area contributed by atoms with Gasteiger partial charge in [-0.2, -0.15) is 0 Å². The Labute approximate surface area is 103 Å². The quantitative estimate of drug-likeness (QED) is 0.773. The molecule has 16 heavy (non-hydrogen) atoms. The zero-order valence-electron chi connectivity index (χ0n) is 9.28. The van der Waals surface area contributed by atoms with Crippen LogP contribution < -0.4 is 5.32 Å². The lowest BCUT2D eigenvalue weighted by Crippen LogP contribution is -2.53. The van der Waals surface area contributed by atoms with Crippen molar-refractivity contribution >= 4 is 27.9 Å². The molecule has 0 radical (unpaired) electrons. The summed E-state index contributed by atoms with van der Waals surface area (Å²) in [5.41, 5.74) is 0. The van der Waals surface area contributed by atoms with E-state index in [9.17, 15) is 9.59 Å². The number of amides is 2. The first-order valence-electron chi connectivity index (χ1n) is 5.40. The van der Waals surface area contributed by atoms with Gasteiger partial charge >= 0.3 is 6.09 Å². The van der Waals surface area contributed by atoms with Crippen molar-refractivity contribution in [2.24, 2.45) is 0 Å². The summed E-state index contributed by atoms with van der Waals surface area (Å²) in [5, 5.41) is 11.2. The van der Waals surface area contributed by atoms with Gasteiger partial charge in [-0.25, -0.2) is 4.79 Å². The Bertz CT molecular complexity index is 273. The average Bonchev–Trinajstić information content (AvgIpc) is 2.25. The Hall–Kier alpha value is -0.780. The summed E-state index contributed by atoms with van der Waals surface area (Å²) in [6.45, 7) is 2.33. The highest BCUT2D eigenvalue weighted by Crippen LogP contribution is 2.22. The van der Waals surface area contributed by atoms with Crippen molar-refractivity contribution in [1.29, 1.82) is 0 Å². The average molecular weight is 293 g/mol. The molecule has 0 aromatic carbocycles. The molecule has 2 amide bonds. The summed E-state index contributed by atoms with van der Waals surface area (Å²) < 4.78 is 0. The highest BCUT2D eigenvalue weighted by Gasteiger charge is 2.31. The number of halogens is 1. The third kappa shape index (κ3) is 3.37. The van der Waals surface area contributed by atoms with Gasteiger partial charge in [0.1, 0.15) is 0 Å². The van der Waals surface area contributed by atoms with E-state index in [1.165, 1.54) is 0 Å². The van der Waals surface area contributed by atoms with Crippen molar-refractivity contribution in [3.63, 3.8) is 0 Å². The molecule has 0 aromatic heterocycles. The van der Waals surface area contributed by atoms with Gasteiger partial charge in [-0.05, 0) is 26.2 Å². The molecular weight excluding hydrogens is 276 g/mol. The topological polar surface area (TPSA) is 69.6 Å². The lowest BCUT2D eigenvalue weighted by Gasteiger charge is -2.40. The van der Waals surface area contributed by atoms with Crippen LogP contribution in [0.4, 0.5) is 4.79 Å². The maximum Gasteiger partial charge on any atom is 0.404 e. The zero-order chi connectivity index (χ0) is 12.1. The van der Waals surface area contributed by atoms with Crippen LogP contribution in [0.3, 0.4) is 0 Å². The first-order chi connectivity index (χ1) is 7.56. The van der Waals surface area contributed by atoms with Crippen molar-refractivity contribution in [3.8, 4) is 0 Å². The number of carbonyl (C=O) groups excluding carboxylic acids is 1. The molecule has 1 aliphatic heterocycles. The number of nitrogens with one attached hydrogen (secondary N) is 1. The Morgan fingerprint density at radius 3 is 2.75 bits per heavy atom. The van der Waals surface area contributed by atoms with E-state index in [4.69, 9.17) is 5.11 Å². The van der Waals surface area contributed by atoms with Crippen molar-refractivity contribution in [3.05, 3.63) is 0 Å². The van der Waals surface area contributed by atoms with Crippen LogP contribution in [0.2, 0.25) is 0 Å². The van der Waals surface area contributed by atoms with Crippen LogP contribution in [0.25, 0.3) is 0 Å². The number of nitrogens with zero attached hydrogens (tertiary/aromatic N) is 1. The maximum atomic E-state index is 11.7. The molecular formula is C10H17BrN2O3. The molecule has 1 heterocycles. The molecule has 0 aromatic rings. The van der Waals surface area contributed by atoms with Crippen molar-refractivity contribution in [2.75, 3.05) is 11.9 Å². The Morgan fingerprint density at radius 2 is 2.19 bits per heavy atom. The summed E-state index contributed by atoms with van der Waals surface area (Å²) >= 11 is 3.16. The van der Waals surface area contributed by atoms with Crippen molar-refractivity contribution in [2.45, 2.75) is 38.3 Å². The first-order valence-corrected chi connectivity index (χ1v) is 6.52. The standard InChI is InChI=1S/C10H17BrN2O3/c1-7-3-2-4-8(6-12-10(15)16)13(7)9(14)5-11/h7-8,12H,2-6H2,1H3,(H,15,16)/t7-,8-/m1/s1.